The molecule has 1 aliphatic heterocycles. The van der Waals surface area contributed by atoms with Gasteiger partial charge in [-0.1, -0.05) is 18.0 Å². The second-order valence-electron chi connectivity index (χ2n) is 5.58. The maximum Gasteiger partial charge on any atom is 0.192 e. The van der Waals surface area contributed by atoms with E-state index in [0.29, 0.717) is 17.1 Å². The molecule has 1 saturated heterocycles. The number of hydrogen-bond donors (Lipinski definition) is 1. The predicted octanol–water partition coefficient (Wildman–Crippen LogP) is 2.26. The Balaban J connectivity index is 1.86. The van der Waals surface area contributed by atoms with Crippen LogP contribution in [0.3, 0.4) is 0 Å². The lowest BCUT2D eigenvalue weighted by Crippen LogP contribution is -2.32. The number of halogens is 1. The Labute approximate surface area is 129 Å². The number of rotatable bonds is 3. The molecule has 0 saturated carbocycles. The Morgan fingerprint density at radius 3 is 2.76 bits per heavy atom. The summed E-state index contributed by atoms with van der Waals surface area (Å²) >= 11 is 6.06. The van der Waals surface area contributed by atoms with Crippen LogP contribution in [-0.4, -0.2) is 45.8 Å². The monoisotopic (exact) mass is 308 g/mol. The third-order valence-corrected chi connectivity index (χ3v) is 4.38. The maximum atomic E-state index is 10.2. The van der Waals surface area contributed by atoms with Gasteiger partial charge in [-0.05, 0) is 44.1 Å². The fourth-order valence-corrected chi connectivity index (χ4v) is 3.12. The highest BCUT2D eigenvalue weighted by atomic mass is 35.5. The summed E-state index contributed by atoms with van der Waals surface area (Å²) in [6.45, 7) is 3.95. The maximum absolute atomic E-state index is 10.2. The fraction of sp³-hybridized carbons (Fsp3) is 0.533. The molecule has 0 aliphatic carbocycles. The van der Waals surface area contributed by atoms with Gasteiger partial charge in [0.15, 0.2) is 5.49 Å². The van der Waals surface area contributed by atoms with E-state index in [0.717, 1.165) is 35.4 Å². The van der Waals surface area contributed by atoms with E-state index in [1.807, 2.05) is 18.2 Å². The smallest absolute Gasteiger partial charge is 0.192 e. The predicted molar refractivity (Wildman–Crippen MR) is 83.8 cm³/mol. The van der Waals surface area contributed by atoms with Crippen LogP contribution in [0, 0.1) is 0 Å². The zero-order valence-corrected chi connectivity index (χ0v) is 13.1. The molecule has 1 N–H and O–H groups in total. The first-order valence-electron chi connectivity index (χ1n) is 7.46. The van der Waals surface area contributed by atoms with Crippen molar-refractivity contribution < 1.29 is 5.21 Å². The standard InChI is InChI=1S/C15H21ClN4O/c1-18-14-6-5-12(16)11-13(14)15(20(18)21)17-7-10-19-8-3-2-4-9-19/h5-6,11,21H,2-4,7-10H2,1H3. The van der Waals surface area contributed by atoms with E-state index in [1.165, 1.54) is 19.3 Å². The van der Waals surface area contributed by atoms with Gasteiger partial charge in [-0.25, -0.2) is 0 Å². The van der Waals surface area contributed by atoms with Crippen LogP contribution in [0.2, 0.25) is 5.02 Å². The first-order chi connectivity index (χ1) is 10.2. The molecule has 6 heteroatoms. The third-order valence-electron chi connectivity index (χ3n) is 4.15. The number of nitrogens with zero attached hydrogens (tertiary/aromatic N) is 4. The van der Waals surface area contributed by atoms with Crippen LogP contribution in [0.4, 0.5) is 0 Å². The largest absolute Gasteiger partial charge is 0.411 e. The minimum atomic E-state index is 0.576. The van der Waals surface area contributed by atoms with Crippen molar-refractivity contribution in [3.8, 4) is 0 Å². The molecular formula is C15H21ClN4O. The van der Waals surface area contributed by atoms with Crippen molar-refractivity contribution in [3.63, 3.8) is 0 Å². The summed E-state index contributed by atoms with van der Waals surface area (Å²) < 4.78 is 1.67. The van der Waals surface area contributed by atoms with Crippen LogP contribution in [0.5, 0.6) is 0 Å². The molecule has 5 nitrogen and oxygen atoms in total. The molecule has 0 bridgehead atoms. The Hall–Kier alpha value is -1.46. The first-order valence-corrected chi connectivity index (χ1v) is 7.84. The van der Waals surface area contributed by atoms with Crippen LogP contribution < -0.4 is 5.49 Å². The average molecular weight is 309 g/mol. The molecule has 0 amide bonds. The minimum absolute atomic E-state index is 0.576. The van der Waals surface area contributed by atoms with E-state index < -0.39 is 0 Å². The van der Waals surface area contributed by atoms with E-state index in [1.54, 1.807) is 11.7 Å². The Morgan fingerprint density at radius 1 is 1.24 bits per heavy atom. The second-order valence-corrected chi connectivity index (χ2v) is 6.02. The summed E-state index contributed by atoms with van der Waals surface area (Å²) in [6, 6.07) is 5.57. The topological polar surface area (TPSA) is 45.7 Å². The van der Waals surface area contributed by atoms with E-state index in [9.17, 15) is 5.21 Å². The van der Waals surface area contributed by atoms with Crippen molar-refractivity contribution in [2.24, 2.45) is 12.0 Å². The van der Waals surface area contributed by atoms with Crippen molar-refractivity contribution in [1.82, 2.24) is 14.4 Å². The summed E-state index contributed by atoms with van der Waals surface area (Å²) in [7, 11) is 1.81. The normalized spacial score (nSPS) is 17.7. The summed E-state index contributed by atoms with van der Waals surface area (Å²) in [5, 5.41) is 11.7. The minimum Gasteiger partial charge on any atom is -0.411 e. The quantitative estimate of drug-likeness (QED) is 0.884. The van der Waals surface area contributed by atoms with E-state index >= 15 is 0 Å². The number of fused-ring (bicyclic) bond motifs is 1. The Morgan fingerprint density at radius 2 is 2.00 bits per heavy atom. The number of aryl methyl sites for hydroxylation is 1. The molecule has 21 heavy (non-hydrogen) atoms. The van der Waals surface area contributed by atoms with Gasteiger partial charge >= 0.3 is 0 Å². The number of hydrogen-bond acceptors (Lipinski definition) is 3. The number of aromatic nitrogens is 2. The zero-order valence-electron chi connectivity index (χ0n) is 12.3. The highest BCUT2D eigenvalue weighted by Crippen LogP contribution is 2.16. The van der Waals surface area contributed by atoms with Crippen molar-refractivity contribution >= 4 is 22.5 Å². The highest BCUT2D eigenvalue weighted by Gasteiger charge is 2.10. The van der Waals surface area contributed by atoms with E-state index in [-0.39, 0.29) is 0 Å². The molecule has 0 unspecified atom stereocenters. The van der Waals surface area contributed by atoms with Gasteiger partial charge in [0, 0.05) is 24.0 Å². The van der Waals surface area contributed by atoms with Crippen LogP contribution >= 0.6 is 11.6 Å². The summed E-state index contributed by atoms with van der Waals surface area (Å²) in [5.74, 6) is 0. The van der Waals surface area contributed by atoms with Gasteiger partial charge in [0.1, 0.15) is 0 Å². The lowest BCUT2D eigenvalue weighted by molar-refractivity contribution is 0.109. The van der Waals surface area contributed by atoms with E-state index in [4.69, 9.17) is 11.6 Å². The van der Waals surface area contributed by atoms with Crippen molar-refractivity contribution in [2.45, 2.75) is 19.3 Å². The fourth-order valence-electron chi connectivity index (χ4n) is 2.95. The van der Waals surface area contributed by atoms with Crippen molar-refractivity contribution in [2.75, 3.05) is 26.2 Å². The van der Waals surface area contributed by atoms with Crippen LogP contribution in [0.25, 0.3) is 10.9 Å². The SMILES string of the molecule is Cn1c2ccc(Cl)cc2c(=NCCN2CCCCC2)n1O. The molecular weight excluding hydrogens is 288 g/mol. The van der Waals surface area contributed by atoms with Gasteiger partial charge < -0.3 is 10.1 Å². The van der Waals surface area contributed by atoms with Crippen LogP contribution in [-0.2, 0) is 7.05 Å². The summed E-state index contributed by atoms with van der Waals surface area (Å²) in [4.78, 5) is 8.11. The second kappa shape index (κ2) is 6.12. The molecule has 1 aromatic heterocycles. The average Bonchev–Trinajstić information content (AvgIpc) is 2.73. The van der Waals surface area contributed by atoms with E-state index in [2.05, 4.69) is 9.89 Å². The number of piperidine rings is 1. The molecule has 0 atom stereocenters. The van der Waals surface area contributed by atoms with Gasteiger partial charge in [0.2, 0.25) is 0 Å². The van der Waals surface area contributed by atoms with Gasteiger partial charge in [0.25, 0.3) is 0 Å². The molecule has 0 radical (unpaired) electrons. The third kappa shape index (κ3) is 2.94. The van der Waals surface area contributed by atoms with Gasteiger partial charge in [-0.15, -0.1) is 4.85 Å². The molecule has 1 aliphatic rings. The first kappa shape index (κ1) is 14.5. The van der Waals surface area contributed by atoms with Gasteiger partial charge in [-0.2, -0.15) is 0 Å². The lowest BCUT2D eigenvalue weighted by Gasteiger charge is -2.25. The molecule has 2 heterocycles. The zero-order chi connectivity index (χ0) is 14.8. The van der Waals surface area contributed by atoms with Gasteiger partial charge in [0.05, 0.1) is 12.1 Å². The molecule has 2 aromatic rings. The summed E-state index contributed by atoms with van der Waals surface area (Å²) in [6.07, 6.45) is 3.90. The molecule has 3 rings (SSSR count). The van der Waals surface area contributed by atoms with Crippen LogP contribution in [0.1, 0.15) is 19.3 Å². The Bertz CT molecular complexity index is 697. The van der Waals surface area contributed by atoms with Crippen molar-refractivity contribution in [1.29, 1.82) is 0 Å². The number of benzene rings is 1. The Kier molecular flexibility index (Phi) is 4.22. The molecule has 114 valence electrons. The van der Waals surface area contributed by atoms with Gasteiger partial charge in [-0.3, -0.25) is 9.67 Å². The summed E-state index contributed by atoms with van der Waals surface area (Å²) in [5.41, 5.74) is 1.49. The van der Waals surface area contributed by atoms with Crippen LogP contribution in [0.15, 0.2) is 23.2 Å². The molecule has 0 spiro atoms. The van der Waals surface area contributed by atoms with Crippen molar-refractivity contribution in [3.05, 3.63) is 28.7 Å². The number of likely N-dealkylation sites (tertiary alicyclic amines) is 1. The molecule has 1 aromatic carbocycles. The molecule has 1 fully saturated rings. The lowest BCUT2D eigenvalue weighted by atomic mass is 10.1. The highest BCUT2D eigenvalue weighted by molar-refractivity contribution is 6.31.